The summed E-state index contributed by atoms with van der Waals surface area (Å²) in [6.07, 6.45) is 3.30. The fourth-order valence-electron chi connectivity index (χ4n) is 2.45. The number of anilines is 1. The molecule has 1 aliphatic heterocycles. The third-order valence-electron chi connectivity index (χ3n) is 3.56. The van der Waals surface area contributed by atoms with Gasteiger partial charge in [0.1, 0.15) is 0 Å². The lowest BCUT2D eigenvalue weighted by Crippen LogP contribution is -2.38. The van der Waals surface area contributed by atoms with Crippen LogP contribution in [0.3, 0.4) is 0 Å². The van der Waals surface area contributed by atoms with Gasteiger partial charge in [-0.3, -0.25) is 0 Å². The summed E-state index contributed by atoms with van der Waals surface area (Å²) in [7, 11) is 4.65. The number of amides is 2. The van der Waals surface area contributed by atoms with E-state index < -0.39 is 0 Å². The number of hydrogen-bond donors (Lipinski definition) is 1. The highest BCUT2D eigenvalue weighted by molar-refractivity contribution is 5.90. The first kappa shape index (κ1) is 15.3. The van der Waals surface area contributed by atoms with Crippen molar-refractivity contribution in [2.75, 3.05) is 39.7 Å². The molecule has 2 rings (SSSR count). The lowest BCUT2D eigenvalue weighted by atomic mass is 10.1. The van der Waals surface area contributed by atoms with Gasteiger partial charge in [0.25, 0.3) is 0 Å². The van der Waals surface area contributed by atoms with Crippen molar-refractivity contribution in [2.24, 2.45) is 0 Å². The molecular weight excluding hydrogens is 272 g/mol. The number of rotatable bonds is 4. The molecule has 1 aromatic carbocycles. The van der Waals surface area contributed by atoms with Crippen LogP contribution in [0, 0.1) is 0 Å². The van der Waals surface area contributed by atoms with E-state index in [-0.39, 0.29) is 6.03 Å². The van der Waals surface area contributed by atoms with Crippen LogP contribution in [-0.2, 0) is 0 Å². The lowest BCUT2D eigenvalue weighted by Gasteiger charge is -2.27. The summed E-state index contributed by atoms with van der Waals surface area (Å²) in [5.74, 6) is 1.55. The molecule has 6 nitrogen and oxygen atoms in total. The van der Waals surface area contributed by atoms with Crippen molar-refractivity contribution in [3.05, 3.63) is 12.1 Å². The third-order valence-corrected chi connectivity index (χ3v) is 3.56. The van der Waals surface area contributed by atoms with Gasteiger partial charge in [-0.15, -0.1) is 0 Å². The van der Waals surface area contributed by atoms with E-state index in [1.54, 1.807) is 33.5 Å². The summed E-state index contributed by atoms with van der Waals surface area (Å²) in [5, 5.41) is 2.88. The van der Waals surface area contributed by atoms with E-state index in [1.807, 2.05) is 4.90 Å². The Kier molecular flexibility index (Phi) is 5.14. The second-order valence-corrected chi connectivity index (χ2v) is 4.89. The van der Waals surface area contributed by atoms with E-state index in [1.165, 1.54) is 6.42 Å². The van der Waals surface area contributed by atoms with Crippen LogP contribution in [0.15, 0.2) is 12.1 Å². The van der Waals surface area contributed by atoms with Gasteiger partial charge in [-0.1, -0.05) is 0 Å². The largest absolute Gasteiger partial charge is 0.493 e. The average molecular weight is 294 g/mol. The highest BCUT2D eigenvalue weighted by Crippen LogP contribution is 2.39. The van der Waals surface area contributed by atoms with Crippen molar-refractivity contribution in [3.8, 4) is 17.2 Å². The van der Waals surface area contributed by atoms with E-state index in [9.17, 15) is 4.79 Å². The Balaban J connectivity index is 2.17. The minimum atomic E-state index is -0.0935. The first-order chi connectivity index (χ1) is 10.2. The van der Waals surface area contributed by atoms with E-state index >= 15 is 0 Å². The van der Waals surface area contributed by atoms with Crippen molar-refractivity contribution in [3.63, 3.8) is 0 Å². The van der Waals surface area contributed by atoms with Gasteiger partial charge in [0.2, 0.25) is 5.75 Å². The van der Waals surface area contributed by atoms with Gasteiger partial charge in [-0.2, -0.15) is 0 Å². The molecule has 0 radical (unpaired) electrons. The van der Waals surface area contributed by atoms with E-state index in [2.05, 4.69) is 5.32 Å². The van der Waals surface area contributed by atoms with Crippen LogP contribution in [0.4, 0.5) is 10.5 Å². The molecular formula is C15H22N2O4. The quantitative estimate of drug-likeness (QED) is 0.927. The average Bonchev–Trinajstić information content (AvgIpc) is 2.54. The molecule has 0 bridgehead atoms. The van der Waals surface area contributed by atoms with Gasteiger partial charge in [0.05, 0.1) is 27.0 Å². The van der Waals surface area contributed by atoms with Crippen LogP contribution in [0.1, 0.15) is 19.3 Å². The highest BCUT2D eigenvalue weighted by atomic mass is 16.5. The monoisotopic (exact) mass is 294 g/mol. The summed E-state index contributed by atoms with van der Waals surface area (Å²) in [4.78, 5) is 14.0. The second-order valence-electron chi connectivity index (χ2n) is 4.89. The Morgan fingerprint density at radius 3 is 2.05 bits per heavy atom. The number of benzene rings is 1. The zero-order chi connectivity index (χ0) is 15.2. The van der Waals surface area contributed by atoms with Gasteiger partial charge >= 0.3 is 6.03 Å². The van der Waals surface area contributed by atoms with Gasteiger partial charge in [-0.25, -0.2) is 4.79 Å². The summed E-state index contributed by atoms with van der Waals surface area (Å²) in [5.41, 5.74) is 0.625. The smallest absolute Gasteiger partial charge is 0.321 e. The zero-order valence-corrected chi connectivity index (χ0v) is 12.8. The maximum atomic E-state index is 12.2. The zero-order valence-electron chi connectivity index (χ0n) is 12.8. The number of nitrogens with zero attached hydrogens (tertiary/aromatic N) is 1. The number of hydrogen-bond acceptors (Lipinski definition) is 4. The minimum Gasteiger partial charge on any atom is -0.493 e. The summed E-state index contributed by atoms with van der Waals surface area (Å²) in [6, 6.07) is 3.36. The number of nitrogens with one attached hydrogen (secondary N) is 1. The molecule has 0 unspecified atom stereocenters. The minimum absolute atomic E-state index is 0.0935. The molecule has 21 heavy (non-hydrogen) atoms. The maximum absolute atomic E-state index is 12.2. The van der Waals surface area contributed by atoms with Crippen LogP contribution >= 0.6 is 0 Å². The first-order valence-electron chi connectivity index (χ1n) is 7.05. The third kappa shape index (κ3) is 3.51. The molecule has 0 aliphatic carbocycles. The first-order valence-corrected chi connectivity index (χ1v) is 7.05. The summed E-state index contributed by atoms with van der Waals surface area (Å²) in [6.45, 7) is 1.60. The summed E-state index contributed by atoms with van der Waals surface area (Å²) >= 11 is 0. The van der Waals surface area contributed by atoms with Crippen molar-refractivity contribution < 1.29 is 19.0 Å². The molecule has 1 aromatic rings. The molecule has 0 spiro atoms. The number of ether oxygens (including phenoxy) is 3. The SMILES string of the molecule is COc1cc(NC(=O)N2CCCCC2)cc(OC)c1OC. The molecule has 6 heteroatoms. The van der Waals surface area contributed by atoms with Crippen LogP contribution in [-0.4, -0.2) is 45.3 Å². The normalized spacial score (nSPS) is 14.5. The Labute approximate surface area is 125 Å². The van der Waals surface area contributed by atoms with Crippen LogP contribution in [0.2, 0.25) is 0 Å². The number of likely N-dealkylation sites (tertiary alicyclic amines) is 1. The fourth-order valence-corrected chi connectivity index (χ4v) is 2.45. The molecule has 1 N–H and O–H groups in total. The van der Waals surface area contributed by atoms with Crippen molar-refractivity contribution in [2.45, 2.75) is 19.3 Å². The Bertz CT molecular complexity index is 473. The summed E-state index contributed by atoms with van der Waals surface area (Å²) < 4.78 is 15.8. The molecule has 0 atom stereocenters. The predicted octanol–water partition coefficient (Wildman–Crippen LogP) is 2.73. The number of methoxy groups -OCH3 is 3. The van der Waals surface area contributed by atoms with E-state index in [4.69, 9.17) is 14.2 Å². The van der Waals surface area contributed by atoms with Crippen molar-refractivity contribution >= 4 is 11.7 Å². The van der Waals surface area contributed by atoms with Gasteiger partial charge in [0, 0.05) is 25.2 Å². The van der Waals surface area contributed by atoms with Gasteiger partial charge in [-0.05, 0) is 19.3 Å². The number of urea groups is 1. The molecule has 1 saturated heterocycles. The van der Waals surface area contributed by atoms with Gasteiger partial charge in [0.15, 0.2) is 11.5 Å². The Morgan fingerprint density at radius 1 is 1.00 bits per heavy atom. The number of piperidine rings is 1. The molecule has 0 saturated carbocycles. The highest BCUT2D eigenvalue weighted by Gasteiger charge is 2.18. The van der Waals surface area contributed by atoms with Crippen LogP contribution in [0.5, 0.6) is 17.2 Å². The molecule has 2 amide bonds. The number of carbonyl (C=O) groups is 1. The maximum Gasteiger partial charge on any atom is 0.321 e. The Morgan fingerprint density at radius 2 is 1.57 bits per heavy atom. The van der Waals surface area contributed by atoms with Gasteiger partial charge < -0.3 is 24.4 Å². The molecule has 116 valence electrons. The Hall–Kier alpha value is -2.11. The topological polar surface area (TPSA) is 60.0 Å². The van der Waals surface area contributed by atoms with Crippen LogP contribution in [0.25, 0.3) is 0 Å². The van der Waals surface area contributed by atoms with Crippen molar-refractivity contribution in [1.29, 1.82) is 0 Å². The van der Waals surface area contributed by atoms with Crippen LogP contribution < -0.4 is 19.5 Å². The molecule has 1 aliphatic rings. The molecule has 0 aromatic heterocycles. The lowest BCUT2D eigenvalue weighted by molar-refractivity contribution is 0.200. The molecule has 1 fully saturated rings. The van der Waals surface area contributed by atoms with Crippen molar-refractivity contribution in [1.82, 2.24) is 4.90 Å². The predicted molar refractivity (Wildman–Crippen MR) is 80.5 cm³/mol. The second kappa shape index (κ2) is 7.06. The standard InChI is InChI=1S/C15H22N2O4/c1-19-12-9-11(10-13(20-2)14(12)21-3)16-15(18)17-7-5-4-6-8-17/h9-10H,4-8H2,1-3H3,(H,16,18). The van der Waals surface area contributed by atoms with E-state index in [0.717, 1.165) is 25.9 Å². The van der Waals surface area contributed by atoms with E-state index in [0.29, 0.717) is 22.9 Å². The number of carbonyl (C=O) groups excluding carboxylic acids is 1. The fraction of sp³-hybridized carbons (Fsp3) is 0.533. The molecule has 1 heterocycles.